The second kappa shape index (κ2) is 3.70. The first-order valence-corrected chi connectivity index (χ1v) is 5.12. The van der Waals surface area contributed by atoms with Gasteiger partial charge >= 0.3 is 0 Å². The molecule has 1 aromatic carbocycles. The number of aliphatic hydroxyl groups excluding tert-OH is 1. The lowest BCUT2D eigenvalue weighted by molar-refractivity contribution is 0.105. The molecule has 76 valence electrons. The Balaban J connectivity index is 2.13. The summed E-state index contributed by atoms with van der Waals surface area (Å²) in [5.74, 6) is 0.606. The second-order valence-electron chi connectivity index (χ2n) is 4.20. The number of hydrogen-bond acceptors (Lipinski definition) is 1. The third kappa shape index (κ3) is 1.95. The highest BCUT2D eigenvalue weighted by atomic mass is 19.1. The maximum absolute atomic E-state index is 12.9. The van der Waals surface area contributed by atoms with Gasteiger partial charge < -0.3 is 5.11 Å². The van der Waals surface area contributed by atoms with Crippen LogP contribution in [0.4, 0.5) is 4.39 Å². The maximum Gasteiger partial charge on any atom is 0.123 e. The van der Waals surface area contributed by atoms with E-state index in [9.17, 15) is 9.50 Å². The molecule has 1 nitrogen and oxygen atoms in total. The predicted octanol–water partition coefficient (Wildman–Crippen LogP) is 2.91. The van der Waals surface area contributed by atoms with Crippen LogP contribution in [0.15, 0.2) is 24.3 Å². The van der Waals surface area contributed by atoms with Gasteiger partial charge in [0.05, 0.1) is 6.10 Å². The lowest BCUT2D eigenvalue weighted by atomic mass is 9.93. The van der Waals surface area contributed by atoms with Gasteiger partial charge in [-0.1, -0.05) is 19.1 Å². The van der Waals surface area contributed by atoms with Gasteiger partial charge in [-0.15, -0.1) is 0 Å². The number of halogens is 1. The molecule has 1 aromatic rings. The van der Waals surface area contributed by atoms with Crippen molar-refractivity contribution in [1.82, 2.24) is 0 Å². The zero-order chi connectivity index (χ0) is 10.1. The van der Waals surface area contributed by atoms with E-state index in [-0.39, 0.29) is 11.7 Å². The van der Waals surface area contributed by atoms with Gasteiger partial charge in [-0.05, 0) is 42.4 Å². The van der Waals surface area contributed by atoms with Crippen LogP contribution in [0.2, 0.25) is 0 Å². The molecule has 2 heteroatoms. The Hall–Kier alpha value is -0.890. The molecule has 0 aromatic heterocycles. The quantitative estimate of drug-likeness (QED) is 0.784. The van der Waals surface area contributed by atoms with Crippen molar-refractivity contribution in [2.24, 2.45) is 11.8 Å². The fraction of sp³-hybridized carbons (Fsp3) is 0.500. The van der Waals surface area contributed by atoms with Crippen molar-refractivity contribution < 1.29 is 9.50 Å². The third-order valence-electron chi connectivity index (χ3n) is 3.05. The number of benzene rings is 1. The minimum absolute atomic E-state index is 0.247. The predicted molar refractivity (Wildman–Crippen MR) is 53.2 cm³/mol. The van der Waals surface area contributed by atoms with Crippen LogP contribution in [0.25, 0.3) is 0 Å². The molecular formula is C12H15FO. The smallest absolute Gasteiger partial charge is 0.123 e. The van der Waals surface area contributed by atoms with E-state index in [1.54, 1.807) is 12.1 Å². The molecule has 2 atom stereocenters. The summed E-state index contributed by atoms with van der Waals surface area (Å²) in [5, 5.41) is 9.96. The Morgan fingerprint density at radius 1 is 1.43 bits per heavy atom. The lowest BCUT2D eigenvalue weighted by Crippen LogP contribution is -2.11. The topological polar surface area (TPSA) is 20.2 Å². The fourth-order valence-electron chi connectivity index (χ4n) is 1.87. The van der Waals surface area contributed by atoms with Gasteiger partial charge in [-0.25, -0.2) is 4.39 Å². The van der Waals surface area contributed by atoms with E-state index in [2.05, 4.69) is 0 Å². The summed E-state index contributed by atoms with van der Waals surface area (Å²) in [7, 11) is 0. The molecule has 1 aliphatic carbocycles. The average molecular weight is 194 g/mol. The molecule has 0 bridgehead atoms. The SMILES string of the molecule is CC(C1CC1)C(O)c1cccc(F)c1. The molecule has 0 radical (unpaired) electrons. The van der Waals surface area contributed by atoms with Crippen LogP contribution in [-0.2, 0) is 0 Å². The number of aliphatic hydroxyl groups is 1. The van der Waals surface area contributed by atoms with Crippen molar-refractivity contribution in [1.29, 1.82) is 0 Å². The van der Waals surface area contributed by atoms with Crippen LogP contribution in [-0.4, -0.2) is 5.11 Å². The highest BCUT2D eigenvalue weighted by molar-refractivity contribution is 5.19. The summed E-state index contributed by atoms with van der Waals surface area (Å²) in [6, 6.07) is 6.25. The average Bonchev–Trinajstić information content (AvgIpc) is 2.99. The molecule has 0 heterocycles. The zero-order valence-corrected chi connectivity index (χ0v) is 8.28. The van der Waals surface area contributed by atoms with E-state index in [1.165, 1.54) is 25.0 Å². The van der Waals surface area contributed by atoms with Crippen molar-refractivity contribution in [3.05, 3.63) is 35.6 Å². The Morgan fingerprint density at radius 2 is 2.14 bits per heavy atom. The van der Waals surface area contributed by atoms with E-state index < -0.39 is 6.10 Å². The molecule has 2 unspecified atom stereocenters. The molecule has 1 saturated carbocycles. The van der Waals surface area contributed by atoms with Crippen LogP contribution in [0.1, 0.15) is 31.4 Å². The Kier molecular flexibility index (Phi) is 2.55. The summed E-state index contributed by atoms with van der Waals surface area (Å²) in [6.45, 7) is 2.03. The van der Waals surface area contributed by atoms with Gasteiger partial charge in [-0.3, -0.25) is 0 Å². The molecule has 1 N–H and O–H groups in total. The van der Waals surface area contributed by atoms with E-state index in [0.717, 1.165) is 0 Å². The molecule has 0 spiro atoms. The minimum atomic E-state index is -0.516. The lowest BCUT2D eigenvalue weighted by Gasteiger charge is -2.18. The van der Waals surface area contributed by atoms with Crippen LogP contribution in [0.3, 0.4) is 0 Å². The van der Waals surface area contributed by atoms with Crippen molar-refractivity contribution in [3.8, 4) is 0 Å². The van der Waals surface area contributed by atoms with Crippen molar-refractivity contribution in [2.75, 3.05) is 0 Å². The van der Waals surface area contributed by atoms with Crippen LogP contribution in [0, 0.1) is 17.7 Å². The van der Waals surface area contributed by atoms with Crippen LogP contribution in [0.5, 0.6) is 0 Å². The monoisotopic (exact) mass is 194 g/mol. The Morgan fingerprint density at radius 3 is 2.71 bits per heavy atom. The number of rotatable bonds is 3. The maximum atomic E-state index is 12.9. The van der Waals surface area contributed by atoms with Gasteiger partial charge in [0, 0.05) is 0 Å². The number of hydrogen-bond donors (Lipinski definition) is 1. The first-order valence-electron chi connectivity index (χ1n) is 5.12. The van der Waals surface area contributed by atoms with Crippen LogP contribution < -0.4 is 0 Å². The van der Waals surface area contributed by atoms with Crippen molar-refractivity contribution in [2.45, 2.75) is 25.9 Å². The highest BCUT2D eigenvalue weighted by Gasteiger charge is 2.33. The zero-order valence-electron chi connectivity index (χ0n) is 8.28. The minimum Gasteiger partial charge on any atom is -0.388 e. The normalized spacial score (nSPS) is 20.5. The molecule has 1 fully saturated rings. The fourth-order valence-corrected chi connectivity index (χ4v) is 1.87. The van der Waals surface area contributed by atoms with Gasteiger partial charge in [0.2, 0.25) is 0 Å². The van der Waals surface area contributed by atoms with Gasteiger partial charge in [0.1, 0.15) is 5.82 Å². The van der Waals surface area contributed by atoms with Crippen LogP contribution >= 0.6 is 0 Å². The van der Waals surface area contributed by atoms with E-state index in [0.29, 0.717) is 11.5 Å². The van der Waals surface area contributed by atoms with Crippen molar-refractivity contribution in [3.63, 3.8) is 0 Å². The Labute approximate surface area is 83.6 Å². The highest BCUT2D eigenvalue weighted by Crippen LogP contribution is 2.42. The molecule has 0 saturated heterocycles. The molecule has 14 heavy (non-hydrogen) atoms. The summed E-state index contributed by atoms with van der Waals surface area (Å²) in [5.41, 5.74) is 0.699. The van der Waals surface area contributed by atoms with Crippen molar-refractivity contribution >= 4 is 0 Å². The first kappa shape index (κ1) is 9.66. The molecule has 2 rings (SSSR count). The largest absolute Gasteiger partial charge is 0.388 e. The summed E-state index contributed by atoms with van der Waals surface area (Å²) in [4.78, 5) is 0. The van der Waals surface area contributed by atoms with Gasteiger partial charge in [0.25, 0.3) is 0 Å². The Bertz CT molecular complexity index is 320. The van der Waals surface area contributed by atoms with E-state index in [4.69, 9.17) is 0 Å². The summed E-state index contributed by atoms with van der Waals surface area (Å²) >= 11 is 0. The third-order valence-corrected chi connectivity index (χ3v) is 3.05. The molecule has 0 amide bonds. The first-order chi connectivity index (χ1) is 6.68. The molecule has 0 aliphatic heterocycles. The summed E-state index contributed by atoms with van der Waals surface area (Å²) in [6.07, 6.45) is 1.89. The van der Waals surface area contributed by atoms with Gasteiger partial charge in [0.15, 0.2) is 0 Å². The standard InChI is InChI=1S/C12H15FO/c1-8(9-5-6-9)12(14)10-3-2-4-11(13)7-10/h2-4,7-9,12,14H,5-6H2,1H3. The summed E-state index contributed by atoms with van der Waals surface area (Å²) < 4.78 is 12.9. The van der Waals surface area contributed by atoms with E-state index >= 15 is 0 Å². The second-order valence-corrected chi connectivity index (χ2v) is 4.20. The molecular weight excluding hydrogens is 179 g/mol. The molecule has 1 aliphatic rings. The van der Waals surface area contributed by atoms with Gasteiger partial charge in [-0.2, -0.15) is 0 Å². The van der Waals surface area contributed by atoms with E-state index in [1.807, 2.05) is 6.92 Å².